The number of thiocarbonyl (C=S) groups is 1. The van der Waals surface area contributed by atoms with E-state index in [1.165, 1.54) is 0 Å². The normalized spacial score (nSPS) is 11.2. The number of amides is 1. The van der Waals surface area contributed by atoms with Gasteiger partial charge in [0.05, 0.1) is 10.4 Å². The Bertz CT molecular complexity index is 498. The van der Waals surface area contributed by atoms with Crippen LogP contribution in [0.5, 0.6) is 0 Å². The molecule has 0 fully saturated rings. The third-order valence-electron chi connectivity index (χ3n) is 3.54. The second kappa shape index (κ2) is 6.35. The number of carbonyl (C=O) groups excluding carboxylic acids is 1. The average molecular weight is 299 g/mol. The van der Waals surface area contributed by atoms with Gasteiger partial charge in [0.2, 0.25) is 5.91 Å². The second-order valence-corrected chi connectivity index (χ2v) is 5.42. The number of anilines is 1. The molecular formula is C14H19ClN2OS. The van der Waals surface area contributed by atoms with Crippen LogP contribution in [0.1, 0.15) is 32.3 Å². The van der Waals surface area contributed by atoms with Gasteiger partial charge in [-0.15, -0.1) is 0 Å². The lowest BCUT2D eigenvalue weighted by molar-refractivity contribution is -0.122. The lowest BCUT2D eigenvalue weighted by Crippen LogP contribution is -2.45. The van der Waals surface area contributed by atoms with Crippen molar-refractivity contribution in [1.82, 2.24) is 0 Å². The number of nitrogens with two attached hydrogens (primary N) is 1. The molecule has 0 bridgehead atoms. The molecule has 0 radical (unpaired) electrons. The molecule has 0 aliphatic carbocycles. The summed E-state index contributed by atoms with van der Waals surface area (Å²) in [5.74, 6) is -0.176. The molecule has 0 saturated heterocycles. The fraction of sp³-hybridized carbons (Fsp3) is 0.429. The summed E-state index contributed by atoms with van der Waals surface area (Å²) in [6, 6.07) is 5.40. The van der Waals surface area contributed by atoms with Gasteiger partial charge in [-0.2, -0.15) is 0 Å². The molecule has 0 aliphatic rings. The van der Waals surface area contributed by atoms with E-state index < -0.39 is 5.41 Å². The van der Waals surface area contributed by atoms with Crippen LogP contribution in [-0.2, 0) is 4.79 Å². The van der Waals surface area contributed by atoms with Crippen LogP contribution in [0.15, 0.2) is 18.2 Å². The minimum Gasteiger partial charge on any atom is -0.392 e. The summed E-state index contributed by atoms with van der Waals surface area (Å²) in [6.45, 7) is 5.72. The average Bonchev–Trinajstić information content (AvgIpc) is 2.35. The molecule has 0 aromatic heterocycles. The lowest BCUT2D eigenvalue weighted by Gasteiger charge is -2.29. The first-order valence-electron chi connectivity index (χ1n) is 6.25. The van der Waals surface area contributed by atoms with E-state index in [2.05, 4.69) is 5.32 Å². The van der Waals surface area contributed by atoms with Crippen molar-refractivity contribution in [3.05, 3.63) is 28.8 Å². The molecular weight excluding hydrogens is 280 g/mol. The molecule has 19 heavy (non-hydrogen) atoms. The zero-order valence-electron chi connectivity index (χ0n) is 11.4. The van der Waals surface area contributed by atoms with Gasteiger partial charge < -0.3 is 11.1 Å². The maximum absolute atomic E-state index is 12.4. The highest BCUT2D eigenvalue weighted by Gasteiger charge is 2.38. The van der Waals surface area contributed by atoms with E-state index >= 15 is 0 Å². The van der Waals surface area contributed by atoms with E-state index in [0.717, 1.165) is 5.56 Å². The number of nitrogens with one attached hydrogen (secondary N) is 1. The van der Waals surface area contributed by atoms with Crippen molar-refractivity contribution in [3.63, 3.8) is 0 Å². The predicted octanol–water partition coefficient (Wildman–Crippen LogP) is 3.68. The van der Waals surface area contributed by atoms with Crippen LogP contribution in [0, 0.1) is 12.3 Å². The Balaban J connectivity index is 3.00. The van der Waals surface area contributed by atoms with E-state index in [1.54, 1.807) is 6.07 Å². The molecule has 0 unspecified atom stereocenters. The fourth-order valence-electron chi connectivity index (χ4n) is 1.95. The van der Waals surface area contributed by atoms with Crippen molar-refractivity contribution in [2.75, 3.05) is 5.32 Å². The van der Waals surface area contributed by atoms with Gasteiger partial charge in [0.15, 0.2) is 0 Å². The molecule has 1 rings (SSSR count). The second-order valence-electron chi connectivity index (χ2n) is 4.57. The van der Waals surface area contributed by atoms with Crippen molar-refractivity contribution >= 4 is 40.4 Å². The minimum absolute atomic E-state index is 0.176. The van der Waals surface area contributed by atoms with Crippen LogP contribution in [-0.4, -0.2) is 10.9 Å². The Labute approximate surface area is 124 Å². The van der Waals surface area contributed by atoms with Gasteiger partial charge in [-0.25, -0.2) is 0 Å². The standard InChI is InChI=1S/C14H19ClN2OS/c1-4-14(5-2,12(16)19)13(18)17-10-7-6-9(3)11(15)8-10/h6-8H,4-5H2,1-3H3,(H2,16,19)(H,17,18). The number of halogens is 1. The number of aryl methyl sites for hydroxylation is 1. The fourth-order valence-corrected chi connectivity index (χ4v) is 2.51. The van der Waals surface area contributed by atoms with Crippen molar-refractivity contribution < 1.29 is 4.79 Å². The van der Waals surface area contributed by atoms with Gasteiger partial charge in [0, 0.05) is 10.7 Å². The summed E-state index contributed by atoms with van der Waals surface area (Å²) >= 11 is 11.1. The molecule has 5 heteroatoms. The molecule has 0 saturated carbocycles. The largest absolute Gasteiger partial charge is 0.392 e. The van der Waals surface area contributed by atoms with Gasteiger partial charge in [0.25, 0.3) is 0 Å². The van der Waals surface area contributed by atoms with Crippen LogP contribution >= 0.6 is 23.8 Å². The van der Waals surface area contributed by atoms with Gasteiger partial charge >= 0.3 is 0 Å². The van der Waals surface area contributed by atoms with E-state index in [-0.39, 0.29) is 10.9 Å². The lowest BCUT2D eigenvalue weighted by atomic mass is 9.81. The minimum atomic E-state index is -0.799. The topological polar surface area (TPSA) is 55.1 Å². The number of hydrogen-bond donors (Lipinski definition) is 2. The summed E-state index contributed by atoms with van der Waals surface area (Å²) in [4.78, 5) is 12.6. The van der Waals surface area contributed by atoms with Crippen LogP contribution in [0.2, 0.25) is 5.02 Å². The molecule has 1 aromatic carbocycles. The smallest absolute Gasteiger partial charge is 0.237 e. The van der Waals surface area contributed by atoms with E-state index in [1.807, 2.05) is 32.9 Å². The van der Waals surface area contributed by atoms with Crippen molar-refractivity contribution in [2.24, 2.45) is 11.1 Å². The SMILES string of the molecule is CCC(CC)(C(=O)Nc1ccc(C)c(Cl)c1)C(N)=S. The molecule has 3 N–H and O–H groups in total. The molecule has 0 heterocycles. The monoisotopic (exact) mass is 298 g/mol. The Kier molecular flexibility index (Phi) is 5.32. The summed E-state index contributed by atoms with van der Waals surface area (Å²) in [7, 11) is 0. The molecule has 0 atom stereocenters. The van der Waals surface area contributed by atoms with Gasteiger partial charge in [0.1, 0.15) is 0 Å². The zero-order chi connectivity index (χ0) is 14.6. The number of hydrogen-bond acceptors (Lipinski definition) is 2. The third-order valence-corrected chi connectivity index (χ3v) is 4.34. The molecule has 0 aliphatic heterocycles. The summed E-state index contributed by atoms with van der Waals surface area (Å²) in [5, 5.41) is 3.46. The van der Waals surface area contributed by atoms with Gasteiger partial charge in [-0.05, 0) is 37.5 Å². The number of rotatable bonds is 5. The first-order valence-corrected chi connectivity index (χ1v) is 7.03. The van der Waals surface area contributed by atoms with E-state index in [9.17, 15) is 4.79 Å². The van der Waals surface area contributed by atoms with Gasteiger partial charge in [-0.1, -0.05) is 43.7 Å². The Morgan fingerprint density at radius 1 is 1.42 bits per heavy atom. The van der Waals surface area contributed by atoms with Crippen LogP contribution < -0.4 is 11.1 Å². The molecule has 3 nitrogen and oxygen atoms in total. The summed E-state index contributed by atoms with van der Waals surface area (Å²) < 4.78 is 0. The molecule has 104 valence electrons. The van der Waals surface area contributed by atoms with E-state index in [4.69, 9.17) is 29.6 Å². The Morgan fingerprint density at radius 2 is 2.00 bits per heavy atom. The maximum Gasteiger partial charge on any atom is 0.237 e. The number of benzene rings is 1. The summed E-state index contributed by atoms with van der Waals surface area (Å²) in [5.41, 5.74) is 6.57. The Morgan fingerprint density at radius 3 is 2.42 bits per heavy atom. The first kappa shape index (κ1) is 15.9. The van der Waals surface area contributed by atoms with Crippen molar-refractivity contribution in [2.45, 2.75) is 33.6 Å². The molecule has 1 aromatic rings. The highest BCUT2D eigenvalue weighted by atomic mass is 35.5. The van der Waals surface area contributed by atoms with Crippen LogP contribution in [0.25, 0.3) is 0 Å². The predicted molar refractivity (Wildman–Crippen MR) is 84.6 cm³/mol. The Hall–Kier alpha value is -1.13. The van der Waals surface area contributed by atoms with Crippen LogP contribution in [0.3, 0.4) is 0 Å². The van der Waals surface area contributed by atoms with Crippen molar-refractivity contribution in [3.8, 4) is 0 Å². The first-order chi connectivity index (χ1) is 8.87. The maximum atomic E-state index is 12.4. The zero-order valence-corrected chi connectivity index (χ0v) is 13.0. The third kappa shape index (κ3) is 3.25. The van der Waals surface area contributed by atoms with Crippen molar-refractivity contribution in [1.29, 1.82) is 0 Å². The summed E-state index contributed by atoms with van der Waals surface area (Å²) in [6.07, 6.45) is 1.15. The highest BCUT2D eigenvalue weighted by Crippen LogP contribution is 2.29. The molecule has 0 spiro atoms. The van der Waals surface area contributed by atoms with E-state index in [0.29, 0.717) is 23.6 Å². The van der Waals surface area contributed by atoms with Gasteiger partial charge in [-0.3, -0.25) is 4.79 Å². The quantitative estimate of drug-likeness (QED) is 0.815. The molecule has 1 amide bonds. The number of carbonyl (C=O) groups is 1. The van der Waals surface area contributed by atoms with Crippen LogP contribution in [0.4, 0.5) is 5.69 Å². The highest BCUT2D eigenvalue weighted by molar-refractivity contribution is 7.80.